The molecule has 2 unspecified atom stereocenters. The Hall–Kier alpha value is -1.78. The van der Waals surface area contributed by atoms with Gasteiger partial charge in [0.2, 0.25) is 0 Å². The van der Waals surface area contributed by atoms with Gasteiger partial charge in [-0.3, -0.25) is 9.97 Å². The number of aryl methyl sites for hydroxylation is 2. The molecule has 2 aromatic heterocycles. The van der Waals surface area contributed by atoms with Crippen molar-refractivity contribution in [2.24, 2.45) is 5.73 Å². The average Bonchev–Trinajstić information content (AvgIpc) is 2.55. The molecule has 0 bridgehead atoms. The maximum Gasteiger partial charge on any atom is 0.0570 e. The van der Waals surface area contributed by atoms with E-state index in [4.69, 9.17) is 5.73 Å². The molecule has 0 saturated heterocycles. The lowest BCUT2D eigenvalue weighted by Crippen LogP contribution is -2.27. The van der Waals surface area contributed by atoms with E-state index < -0.39 is 0 Å². The van der Waals surface area contributed by atoms with Crippen LogP contribution in [0, 0.1) is 13.8 Å². The molecule has 0 aliphatic rings. The minimum atomic E-state index is 0.163. The summed E-state index contributed by atoms with van der Waals surface area (Å²) in [4.78, 5) is 8.88. The quantitative estimate of drug-likeness (QED) is 0.735. The topological polar surface area (TPSA) is 63.8 Å². The van der Waals surface area contributed by atoms with Gasteiger partial charge >= 0.3 is 0 Å². The smallest absolute Gasteiger partial charge is 0.0570 e. The number of pyridine rings is 2. The van der Waals surface area contributed by atoms with Gasteiger partial charge in [0.15, 0.2) is 0 Å². The van der Waals surface area contributed by atoms with Crippen LogP contribution in [0.15, 0.2) is 36.7 Å². The Morgan fingerprint density at radius 1 is 1.22 bits per heavy atom. The van der Waals surface area contributed by atoms with E-state index in [-0.39, 0.29) is 12.1 Å². The van der Waals surface area contributed by atoms with Crippen LogP contribution in [-0.2, 0) is 6.42 Å². The van der Waals surface area contributed by atoms with Gasteiger partial charge in [-0.25, -0.2) is 0 Å². The summed E-state index contributed by atoms with van der Waals surface area (Å²) in [5, 5.41) is 3.50. The number of rotatable bonds is 8. The molecule has 0 aliphatic heterocycles. The van der Waals surface area contributed by atoms with Crippen LogP contribution in [0.5, 0.6) is 0 Å². The first-order valence-electron chi connectivity index (χ1n) is 8.38. The van der Waals surface area contributed by atoms with Gasteiger partial charge in [0.05, 0.1) is 5.69 Å². The fourth-order valence-corrected chi connectivity index (χ4v) is 2.73. The number of hydrogen-bond donors (Lipinski definition) is 2. The lowest BCUT2D eigenvalue weighted by molar-refractivity contribution is 0.504. The highest BCUT2D eigenvalue weighted by atomic mass is 14.9. The maximum atomic E-state index is 6.26. The lowest BCUT2D eigenvalue weighted by Gasteiger charge is -2.15. The third-order valence-electron chi connectivity index (χ3n) is 4.11. The van der Waals surface area contributed by atoms with Crippen molar-refractivity contribution < 1.29 is 0 Å². The fraction of sp³-hybridized carbons (Fsp3) is 0.474. The zero-order chi connectivity index (χ0) is 16.7. The Morgan fingerprint density at radius 2 is 2.04 bits per heavy atom. The van der Waals surface area contributed by atoms with Crippen molar-refractivity contribution >= 4 is 0 Å². The number of nitrogens with zero attached hydrogens (tertiary/aromatic N) is 2. The zero-order valence-electron chi connectivity index (χ0n) is 14.4. The highest BCUT2D eigenvalue weighted by Crippen LogP contribution is 2.11. The van der Waals surface area contributed by atoms with Crippen molar-refractivity contribution in [3.05, 3.63) is 59.2 Å². The molecule has 2 aromatic rings. The van der Waals surface area contributed by atoms with Crippen molar-refractivity contribution in [1.29, 1.82) is 0 Å². The fourth-order valence-electron chi connectivity index (χ4n) is 2.73. The molecule has 2 atom stereocenters. The molecule has 23 heavy (non-hydrogen) atoms. The third-order valence-corrected chi connectivity index (χ3v) is 4.11. The lowest BCUT2D eigenvalue weighted by atomic mass is 10.0. The molecular formula is C19H28N4. The van der Waals surface area contributed by atoms with Crippen molar-refractivity contribution in [3.8, 4) is 0 Å². The summed E-state index contributed by atoms with van der Waals surface area (Å²) in [5.41, 5.74) is 10.9. The minimum absolute atomic E-state index is 0.163. The summed E-state index contributed by atoms with van der Waals surface area (Å²) in [6.07, 6.45) is 6.66. The molecule has 2 heterocycles. The highest BCUT2D eigenvalue weighted by Gasteiger charge is 2.09. The number of aromatic nitrogens is 2. The standard InChI is InChI=1S/C19H28N4/c1-14-11-15(2)19(23-13-14)12-17(20)7-6-10-21-16(3)18-8-4-5-9-22-18/h4-5,8-9,11,13,16-17,21H,6-7,10,12,20H2,1-3H3. The molecule has 0 aromatic carbocycles. The molecule has 4 nitrogen and oxygen atoms in total. The summed E-state index contributed by atoms with van der Waals surface area (Å²) < 4.78 is 0. The number of nitrogens with one attached hydrogen (secondary N) is 1. The van der Waals surface area contributed by atoms with E-state index >= 15 is 0 Å². The second-order valence-electron chi connectivity index (χ2n) is 6.31. The molecule has 4 heteroatoms. The van der Waals surface area contributed by atoms with Gasteiger partial charge in [-0.2, -0.15) is 0 Å². The highest BCUT2D eigenvalue weighted by molar-refractivity contribution is 5.23. The molecule has 0 fully saturated rings. The SMILES string of the molecule is Cc1cnc(CC(N)CCCNC(C)c2ccccn2)c(C)c1. The van der Waals surface area contributed by atoms with E-state index in [0.29, 0.717) is 0 Å². The normalized spacial score (nSPS) is 13.7. The van der Waals surface area contributed by atoms with Gasteiger partial charge in [0, 0.05) is 36.6 Å². The molecule has 0 radical (unpaired) electrons. The summed E-state index contributed by atoms with van der Waals surface area (Å²) in [5.74, 6) is 0. The summed E-state index contributed by atoms with van der Waals surface area (Å²) in [6, 6.07) is 8.62. The largest absolute Gasteiger partial charge is 0.327 e. The van der Waals surface area contributed by atoms with Gasteiger partial charge in [0.1, 0.15) is 0 Å². The molecule has 0 amide bonds. The van der Waals surface area contributed by atoms with Gasteiger partial charge < -0.3 is 11.1 Å². The monoisotopic (exact) mass is 312 g/mol. The summed E-state index contributed by atoms with van der Waals surface area (Å²) in [6.45, 7) is 7.27. The van der Waals surface area contributed by atoms with Crippen LogP contribution in [0.4, 0.5) is 0 Å². The Bertz CT molecular complexity index is 598. The van der Waals surface area contributed by atoms with Crippen molar-refractivity contribution in [3.63, 3.8) is 0 Å². The first-order valence-corrected chi connectivity index (χ1v) is 8.38. The van der Waals surface area contributed by atoms with Crippen LogP contribution < -0.4 is 11.1 Å². The molecule has 3 N–H and O–H groups in total. The van der Waals surface area contributed by atoms with Gasteiger partial charge in [-0.15, -0.1) is 0 Å². The zero-order valence-corrected chi connectivity index (χ0v) is 14.4. The molecule has 0 saturated carbocycles. The molecule has 2 rings (SSSR count). The Labute approximate surface area is 139 Å². The second kappa shape index (κ2) is 8.75. The molecular weight excluding hydrogens is 284 g/mol. The van der Waals surface area contributed by atoms with Gasteiger partial charge in [-0.05, 0) is 63.4 Å². The maximum absolute atomic E-state index is 6.26. The van der Waals surface area contributed by atoms with Crippen molar-refractivity contribution in [2.45, 2.75) is 52.1 Å². The van der Waals surface area contributed by atoms with E-state index in [0.717, 1.165) is 37.2 Å². The first-order chi connectivity index (χ1) is 11.1. The second-order valence-corrected chi connectivity index (χ2v) is 6.31. The van der Waals surface area contributed by atoms with E-state index in [2.05, 4.69) is 48.2 Å². The van der Waals surface area contributed by atoms with Gasteiger partial charge in [-0.1, -0.05) is 12.1 Å². The van der Waals surface area contributed by atoms with Crippen LogP contribution >= 0.6 is 0 Å². The molecule has 0 aliphatic carbocycles. The van der Waals surface area contributed by atoms with Crippen molar-refractivity contribution in [1.82, 2.24) is 15.3 Å². The van der Waals surface area contributed by atoms with E-state index in [1.807, 2.05) is 24.5 Å². The van der Waals surface area contributed by atoms with Crippen molar-refractivity contribution in [2.75, 3.05) is 6.54 Å². The summed E-state index contributed by atoms with van der Waals surface area (Å²) in [7, 11) is 0. The Balaban J connectivity index is 1.69. The van der Waals surface area contributed by atoms with Gasteiger partial charge in [0.25, 0.3) is 0 Å². The van der Waals surface area contributed by atoms with Crippen LogP contribution in [-0.4, -0.2) is 22.6 Å². The number of nitrogens with two attached hydrogens (primary N) is 1. The predicted molar refractivity (Wildman–Crippen MR) is 95.3 cm³/mol. The third kappa shape index (κ3) is 5.73. The first kappa shape index (κ1) is 17.6. The Morgan fingerprint density at radius 3 is 2.74 bits per heavy atom. The number of hydrogen-bond acceptors (Lipinski definition) is 4. The predicted octanol–water partition coefficient (Wildman–Crippen LogP) is 3.09. The van der Waals surface area contributed by atoms with Crippen LogP contribution in [0.25, 0.3) is 0 Å². The van der Waals surface area contributed by atoms with Crippen LogP contribution in [0.3, 0.4) is 0 Å². The minimum Gasteiger partial charge on any atom is -0.327 e. The summed E-state index contributed by atoms with van der Waals surface area (Å²) >= 11 is 0. The van der Waals surface area contributed by atoms with Crippen LogP contribution in [0.2, 0.25) is 0 Å². The molecule has 124 valence electrons. The van der Waals surface area contributed by atoms with Crippen LogP contribution in [0.1, 0.15) is 48.3 Å². The molecule has 0 spiro atoms. The average molecular weight is 312 g/mol. The van der Waals surface area contributed by atoms with E-state index in [9.17, 15) is 0 Å². The van der Waals surface area contributed by atoms with E-state index in [1.54, 1.807) is 0 Å². The van der Waals surface area contributed by atoms with E-state index in [1.165, 1.54) is 11.1 Å². The Kier molecular flexibility index (Phi) is 6.68.